The summed E-state index contributed by atoms with van der Waals surface area (Å²) in [5.74, 6) is -1.16. The predicted molar refractivity (Wildman–Crippen MR) is 103 cm³/mol. The van der Waals surface area contributed by atoms with Crippen LogP contribution in [0.1, 0.15) is 52.1 Å². The number of carbonyl (C=O) groups is 2. The number of nitrogens with one attached hydrogen (secondary N) is 1. The molecular weight excluding hydrogens is 463 g/mol. The Hall–Kier alpha value is -1.88. The van der Waals surface area contributed by atoms with Gasteiger partial charge in [0.2, 0.25) is 5.91 Å². The fourth-order valence-corrected chi connectivity index (χ4v) is 4.09. The maximum Gasteiger partial charge on any atom is 0.436 e. The highest BCUT2D eigenvalue weighted by molar-refractivity contribution is 9.10. The molecule has 0 saturated heterocycles. The first kappa shape index (κ1) is 22.4. The lowest BCUT2D eigenvalue weighted by Crippen LogP contribution is -2.26. The Morgan fingerprint density at radius 1 is 1.32 bits per heavy atom. The zero-order valence-corrected chi connectivity index (χ0v) is 18.2. The highest BCUT2D eigenvalue weighted by Crippen LogP contribution is 2.37. The van der Waals surface area contributed by atoms with E-state index >= 15 is 0 Å². The van der Waals surface area contributed by atoms with Gasteiger partial charge in [0.15, 0.2) is 5.69 Å². The lowest BCUT2D eigenvalue weighted by atomic mass is 10.1. The molecule has 0 aliphatic heterocycles. The minimum Gasteiger partial charge on any atom is -0.462 e. The summed E-state index contributed by atoms with van der Waals surface area (Å²) in [6.07, 6.45) is -4.65. The second kappa shape index (κ2) is 8.24. The molecule has 0 radical (unpaired) electrons. The minimum absolute atomic E-state index is 0.166. The van der Waals surface area contributed by atoms with Gasteiger partial charge < -0.3 is 10.1 Å². The number of nitrogens with zero attached hydrogens (tertiary/aromatic N) is 2. The van der Waals surface area contributed by atoms with Crippen LogP contribution >= 0.6 is 27.3 Å². The number of anilines is 1. The largest absolute Gasteiger partial charge is 0.462 e. The summed E-state index contributed by atoms with van der Waals surface area (Å²) in [4.78, 5) is 25.7. The summed E-state index contributed by atoms with van der Waals surface area (Å²) >= 11 is 4.09. The Balaban J connectivity index is 2.34. The van der Waals surface area contributed by atoms with Crippen molar-refractivity contribution in [3.8, 4) is 0 Å². The number of alkyl halides is 3. The first-order valence-electron chi connectivity index (χ1n) is 8.29. The Labute approximate surface area is 172 Å². The summed E-state index contributed by atoms with van der Waals surface area (Å²) in [6, 6.07) is -1.04. The molecule has 28 heavy (non-hydrogen) atoms. The molecule has 0 aliphatic carbocycles. The Morgan fingerprint density at radius 3 is 2.43 bits per heavy atom. The van der Waals surface area contributed by atoms with Crippen LogP contribution in [0.3, 0.4) is 0 Å². The van der Waals surface area contributed by atoms with Crippen LogP contribution in [0.15, 0.2) is 4.47 Å². The minimum atomic E-state index is -4.65. The molecule has 0 fully saturated rings. The van der Waals surface area contributed by atoms with Gasteiger partial charge in [-0.05, 0) is 56.1 Å². The molecule has 6 nitrogen and oxygen atoms in total. The number of carbonyl (C=O) groups excluding carboxylic acids is 2. The summed E-state index contributed by atoms with van der Waals surface area (Å²) < 4.78 is 45.0. The van der Waals surface area contributed by atoms with Crippen LogP contribution in [0.25, 0.3) is 0 Å². The molecule has 0 spiro atoms. The van der Waals surface area contributed by atoms with Crippen molar-refractivity contribution in [1.82, 2.24) is 9.78 Å². The lowest BCUT2D eigenvalue weighted by Gasteiger charge is -2.14. The van der Waals surface area contributed by atoms with Crippen molar-refractivity contribution in [2.45, 2.75) is 46.8 Å². The van der Waals surface area contributed by atoms with E-state index in [1.165, 1.54) is 25.2 Å². The first-order valence-corrected chi connectivity index (χ1v) is 9.90. The summed E-state index contributed by atoms with van der Waals surface area (Å²) in [7, 11) is 0. The molecule has 2 heterocycles. The molecule has 154 valence electrons. The number of halogens is 4. The standard InChI is InChI=1S/C17H19BrF3N3O3S/c1-6-27-16(26)11-7(2)10(5)28-15(11)22-14(25)9(4)24-8(3)12(18)13(23-24)17(19,20)21/h9H,6H2,1-5H3,(H,22,25). The smallest absolute Gasteiger partial charge is 0.436 e. The van der Waals surface area contributed by atoms with Crippen molar-refractivity contribution in [1.29, 1.82) is 0 Å². The van der Waals surface area contributed by atoms with E-state index in [9.17, 15) is 22.8 Å². The average molecular weight is 482 g/mol. The van der Waals surface area contributed by atoms with Crippen LogP contribution in [0.2, 0.25) is 0 Å². The van der Waals surface area contributed by atoms with Crippen molar-refractivity contribution in [3.63, 3.8) is 0 Å². The molecule has 0 saturated carbocycles. The van der Waals surface area contributed by atoms with Gasteiger partial charge in [0, 0.05) is 4.88 Å². The molecule has 0 aromatic carbocycles. The van der Waals surface area contributed by atoms with Crippen LogP contribution in [0.4, 0.5) is 18.2 Å². The number of aryl methyl sites for hydroxylation is 1. The summed E-state index contributed by atoms with van der Waals surface area (Å²) in [5, 5.41) is 6.47. The van der Waals surface area contributed by atoms with Gasteiger partial charge >= 0.3 is 12.1 Å². The molecule has 2 aromatic heterocycles. The fraction of sp³-hybridized carbons (Fsp3) is 0.471. The number of hydrogen-bond donors (Lipinski definition) is 1. The van der Waals surface area contributed by atoms with Crippen LogP contribution in [0, 0.1) is 20.8 Å². The SMILES string of the molecule is CCOC(=O)c1c(NC(=O)C(C)n2nc(C(F)(F)F)c(Br)c2C)sc(C)c1C. The molecule has 1 amide bonds. The molecule has 2 rings (SSSR count). The third-order valence-corrected chi connectivity index (χ3v) is 6.27. The third-order valence-electron chi connectivity index (χ3n) is 4.19. The number of thiophene rings is 1. The zero-order chi connectivity index (χ0) is 21.4. The van der Waals surface area contributed by atoms with Gasteiger partial charge in [-0.1, -0.05) is 0 Å². The molecule has 0 bridgehead atoms. The van der Waals surface area contributed by atoms with Gasteiger partial charge in [-0.15, -0.1) is 11.3 Å². The third kappa shape index (κ3) is 4.24. The topological polar surface area (TPSA) is 73.2 Å². The molecule has 1 N–H and O–H groups in total. The monoisotopic (exact) mass is 481 g/mol. The fourth-order valence-electron chi connectivity index (χ4n) is 2.55. The summed E-state index contributed by atoms with van der Waals surface area (Å²) in [5.41, 5.74) is 0.00169. The number of amides is 1. The van der Waals surface area contributed by atoms with E-state index in [0.29, 0.717) is 10.6 Å². The zero-order valence-electron chi connectivity index (χ0n) is 15.8. The quantitative estimate of drug-likeness (QED) is 0.607. The van der Waals surface area contributed by atoms with E-state index in [4.69, 9.17) is 4.74 Å². The normalized spacial score (nSPS) is 12.8. The van der Waals surface area contributed by atoms with Gasteiger partial charge in [-0.3, -0.25) is 9.48 Å². The number of ether oxygens (including phenoxy) is 1. The van der Waals surface area contributed by atoms with Gasteiger partial charge in [-0.2, -0.15) is 18.3 Å². The van der Waals surface area contributed by atoms with Gasteiger partial charge in [0.25, 0.3) is 0 Å². The Bertz CT molecular complexity index is 921. The summed E-state index contributed by atoms with van der Waals surface area (Å²) in [6.45, 7) is 8.24. The number of rotatable bonds is 5. The second-order valence-electron chi connectivity index (χ2n) is 6.06. The van der Waals surface area contributed by atoms with Crippen LogP contribution < -0.4 is 5.32 Å². The second-order valence-corrected chi connectivity index (χ2v) is 8.08. The van der Waals surface area contributed by atoms with Crippen molar-refractivity contribution in [2.24, 2.45) is 0 Å². The van der Waals surface area contributed by atoms with Crippen LogP contribution in [-0.4, -0.2) is 28.3 Å². The Kier molecular flexibility index (Phi) is 6.59. The van der Waals surface area contributed by atoms with Crippen molar-refractivity contribution in [2.75, 3.05) is 11.9 Å². The number of hydrogen-bond acceptors (Lipinski definition) is 5. The van der Waals surface area contributed by atoms with E-state index in [2.05, 4.69) is 26.3 Å². The van der Waals surface area contributed by atoms with E-state index in [0.717, 1.165) is 9.56 Å². The lowest BCUT2D eigenvalue weighted by molar-refractivity contribution is -0.142. The van der Waals surface area contributed by atoms with E-state index in [1.807, 2.05) is 0 Å². The molecule has 1 atom stereocenters. The number of esters is 1. The van der Waals surface area contributed by atoms with Gasteiger partial charge in [-0.25, -0.2) is 4.79 Å². The highest BCUT2D eigenvalue weighted by atomic mass is 79.9. The molecule has 2 aromatic rings. The molecule has 1 unspecified atom stereocenters. The van der Waals surface area contributed by atoms with E-state index in [-0.39, 0.29) is 22.3 Å². The molecule has 11 heteroatoms. The maximum absolute atomic E-state index is 13.1. The number of aromatic nitrogens is 2. The van der Waals surface area contributed by atoms with Gasteiger partial charge in [0.05, 0.1) is 22.3 Å². The molecule has 0 aliphatic rings. The van der Waals surface area contributed by atoms with Crippen LogP contribution in [-0.2, 0) is 15.7 Å². The van der Waals surface area contributed by atoms with E-state index < -0.39 is 29.8 Å². The van der Waals surface area contributed by atoms with Crippen molar-refractivity contribution >= 4 is 44.1 Å². The average Bonchev–Trinajstić information content (AvgIpc) is 3.04. The van der Waals surface area contributed by atoms with Crippen LogP contribution in [0.5, 0.6) is 0 Å². The Morgan fingerprint density at radius 2 is 1.93 bits per heavy atom. The predicted octanol–water partition coefficient (Wildman–Crippen LogP) is 5.03. The highest BCUT2D eigenvalue weighted by Gasteiger charge is 2.39. The van der Waals surface area contributed by atoms with Gasteiger partial charge in [0.1, 0.15) is 11.0 Å². The maximum atomic E-state index is 13.1. The first-order chi connectivity index (χ1) is 12.9. The van der Waals surface area contributed by atoms with Crippen molar-refractivity contribution < 1.29 is 27.5 Å². The molecular formula is C17H19BrF3N3O3S. The van der Waals surface area contributed by atoms with E-state index in [1.54, 1.807) is 20.8 Å². The van der Waals surface area contributed by atoms with Crippen molar-refractivity contribution in [3.05, 3.63) is 31.9 Å².